The zero-order valence-corrected chi connectivity index (χ0v) is 32.1. The number of nitrogens with zero attached hydrogens (tertiary/aromatic N) is 2. The van der Waals surface area contributed by atoms with Gasteiger partial charge in [0.1, 0.15) is 24.3 Å². The number of aliphatic carboxylic acids is 1. The number of nitrogens with one attached hydrogen (secondary N) is 2. The van der Waals surface area contributed by atoms with Gasteiger partial charge in [-0.2, -0.15) is 0 Å². The number of hydrogen-bond acceptors (Lipinski definition) is 7. The molecule has 4 amide bonds. The smallest absolute Gasteiger partial charge is 0.407 e. The maximum Gasteiger partial charge on any atom is 0.407 e. The van der Waals surface area contributed by atoms with Crippen molar-refractivity contribution in [2.75, 3.05) is 19.8 Å². The van der Waals surface area contributed by atoms with Gasteiger partial charge in [-0.1, -0.05) is 70.7 Å². The summed E-state index contributed by atoms with van der Waals surface area (Å²) in [6.07, 6.45) is -0.511. The summed E-state index contributed by atoms with van der Waals surface area (Å²) in [7, 11) is -1.58. The Morgan fingerprint density at radius 1 is 0.981 bits per heavy atom. The molecule has 0 aliphatic carbocycles. The number of imide groups is 1. The van der Waals surface area contributed by atoms with E-state index in [-0.39, 0.29) is 31.7 Å². The van der Waals surface area contributed by atoms with E-state index in [2.05, 4.69) is 30.3 Å². The van der Waals surface area contributed by atoms with Gasteiger partial charge in [-0.3, -0.25) is 24.5 Å². The number of benzene rings is 2. The van der Waals surface area contributed by atoms with Gasteiger partial charge in [-0.25, -0.2) is 13.6 Å². The van der Waals surface area contributed by atoms with Gasteiger partial charge in [0.15, 0.2) is 0 Å². The molecule has 3 aromatic rings. The van der Waals surface area contributed by atoms with Crippen LogP contribution in [-0.4, -0.2) is 83.3 Å². The highest BCUT2D eigenvalue weighted by molar-refractivity contribution is 6.76. The summed E-state index contributed by atoms with van der Waals surface area (Å²) in [6.45, 7) is 11.1. The fraction of sp³-hybridized carbons (Fsp3) is 0.447. The van der Waals surface area contributed by atoms with Crippen LogP contribution in [0, 0.1) is 17.0 Å². The molecule has 0 spiro atoms. The molecule has 15 heteroatoms. The third-order valence-corrected chi connectivity index (χ3v) is 10.1. The number of halogens is 2. The van der Waals surface area contributed by atoms with Gasteiger partial charge in [-0.15, -0.1) is 0 Å². The van der Waals surface area contributed by atoms with Crippen molar-refractivity contribution in [1.82, 2.24) is 20.1 Å². The van der Waals surface area contributed by atoms with Crippen molar-refractivity contribution in [3.05, 3.63) is 83.7 Å². The number of aliphatic hydroxyl groups is 1. The summed E-state index contributed by atoms with van der Waals surface area (Å²) in [4.78, 5) is 64.6. The fourth-order valence-electron chi connectivity index (χ4n) is 5.78. The van der Waals surface area contributed by atoms with Crippen molar-refractivity contribution in [1.29, 1.82) is 0 Å². The lowest BCUT2D eigenvalue weighted by Crippen LogP contribution is -2.51. The number of carboxylic acids is 1. The fourth-order valence-corrected chi connectivity index (χ4v) is 6.49. The summed E-state index contributed by atoms with van der Waals surface area (Å²) < 4.78 is 36.6. The zero-order chi connectivity index (χ0) is 39.5. The Bertz CT molecular complexity index is 1750. The van der Waals surface area contributed by atoms with Crippen LogP contribution < -0.4 is 10.6 Å². The predicted molar refractivity (Wildman–Crippen MR) is 197 cm³/mol. The van der Waals surface area contributed by atoms with E-state index < -0.39 is 86.4 Å². The molecule has 2 atom stereocenters. The number of ether oxygens (including phenoxy) is 1. The van der Waals surface area contributed by atoms with E-state index in [4.69, 9.17) is 9.84 Å². The highest BCUT2D eigenvalue weighted by Crippen LogP contribution is 2.41. The summed E-state index contributed by atoms with van der Waals surface area (Å²) >= 11 is 0. The van der Waals surface area contributed by atoms with Crippen LogP contribution in [0.25, 0.3) is 11.1 Å². The van der Waals surface area contributed by atoms with Crippen LogP contribution in [0.5, 0.6) is 0 Å². The average Bonchev–Trinajstić information content (AvgIpc) is 3.46. The van der Waals surface area contributed by atoms with Crippen molar-refractivity contribution >= 4 is 37.9 Å². The SMILES string of the molecule is CC(C)(C)[C@H](c1cc(-c2cc(F)ccc2F)cn1Cc1ccccc1)N(CC[C@H](NC(=O)OCC[Si](C)(C)C)C(=O)NC(=O)CCC(=O)O)C(=O)CO. The lowest BCUT2D eigenvalue weighted by atomic mass is 9.82. The summed E-state index contributed by atoms with van der Waals surface area (Å²) in [5.74, 6) is -5.06. The number of aromatic nitrogens is 1. The monoisotopic (exact) mass is 756 g/mol. The van der Waals surface area contributed by atoms with E-state index in [0.717, 1.165) is 23.8 Å². The number of carbonyl (C=O) groups excluding carboxylic acids is 4. The molecule has 0 saturated carbocycles. The second kappa shape index (κ2) is 18.7. The van der Waals surface area contributed by atoms with Crippen molar-refractivity contribution in [2.45, 2.75) is 84.3 Å². The molecule has 2 aromatic carbocycles. The molecule has 4 N–H and O–H groups in total. The topological polar surface area (TPSA) is 167 Å². The Hall–Kier alpha value is -4.89. The Morgan fingerprint density at radius 2 is 1.66 bits per heavy atom. The largest absolute Gasteiger partial charge is 0.481 e. The first kappa shape index (κ1) is 42.5. The summed E-state index contributed by atoms with van der Waals surface area (Å²) in [6, 6.07) is 12.6. The standard InChI is InChI=1S/C38H50F2N4O8Si/c1-38(2,3)35(31-20-26(28-21-27(39)12-13-29(28)40)23-43(31)22-25-10-8-7-9-11-25)44(33(47)24-45)17-16-30(36(50)42-32(46)14-15-34(48)49)41-37(51)52-18-19-53(4,5)6/h7-13,20-21,23,30,35,45H,14-19,22,24H2,1-6H3,(H,41,51)(H,48,49)(H,42,46,50)/t30-,35-/m0/s1. The Balaban J connectivity index is 2.05. The third kappa shape index (κ3) is 13.2. The number of alkyl carbamates (subject to hydrolysis) is 1. The van der Waals surface area contributed by atoms with Crippen LogP contribution in [-0.2, 0) is 30.5 Å². The van der Waals surface area contributed by atoms with Crippen LogP contribution in [0.3, 0.4) is 0 Å². The minimum absolute atomic E-state index is 0.00638. The van der Waals surface area contributed by atoms with E-state index in [9.17, 15) is 33.5 Å². The number of carbonyl (C=O) groups is 5. The van der Waals surface area contributed by atoms with Crippen molar-refractivity contribution in [3.8, 4) is 11.1 Å². The van der Waals surface area contributed by atoms with Gasteiger partial charge < -0.3 is 29.7 Å². The van der Waals surface area contributed by atoms with Gasteiger partial charge in [0, 0.05) is 50.6 Å². The zero-order valence-electron chi connectivity index (χ0n) is 31.1. The molecular formula is C38H50F2N4O8Si. The molecule has 0 unspecified atom stereocenters. The molecule has 0 bridgehead atoms. The number of carboxylic acid groups (broad SMARTS) is 1. The minimum Gasteiger partial charge on any atom is -0.481 e. The van der Waals surface area contributed by atoms with Gasteiger partial charge >= 0.3 is 12.1 Å². The second-order valence-electron chi connectivity index (χ2n) is 15.1. The molecule has 288 valence electrons. The molecule has 0 saturated heterocycles. The summed E-state index contributed by atoms with van der Waals surface area (Å²) in [5, 5.41) is 23.7. The normalized spacial score (nSPS) is 12.8. The molecule has 0 aliphatic heterocycles. The van der Waals surface area contributed by atoms with E-state index in [1.54, 1.807) is 12.3 Å². The maximum absolute atomic E-state index is 15.1. The van der Waals surface area contributed by atoms with Crippen LogP contribution in [0.2, 0.25) is 25.7 Å². The van der Waals surface area contributed by atoms with E-state index in [0.29, 0.717) is 17.3 Å². The van der Waals surface area contributed by atoms with Crippen molar-refractivity contribution < 1.29 is 47.7 Å². The molecule has 0 radical (unpaired) electrons. The molecule has 0 aliphatic rings. The lowest BCUT2D eigenvalue weighted by Gasteiger charge is -2.41. The number of rotatable bonds is 17. The third-order valence-electron chi connectivity index (χ3n) is 8.41. The lowest BCUT2D eigenvalue weighted by molar-refractivity contribution is -0.141. The highest BCUT2D eigenvalue weighted by Gasteiger charge is 2.38. The molecule has 1 heterocycles. The van der Waals surface area contributed by atoms with Crippen molar-refractivity contribution in [2.24, 2.45) is 5.41 Å². The number of amides is 4. The highest BCUT2D eigenvalue weighted by atomic mass is 28.3. The van der Waals surface area contributed by atoms with Crippen molar-refractivity contribution in [3.63, 3.8) is 0 Å². The van der Waals surface area contributed by atoms with Gasteiger partial charge in [0.05, 0.1) is 19.1 Å². The first-order valence-electron chi connectivity index (χ1n) is 17.4. The average molecular weight is 757 g/mol. The molecule has 3 rings (SSSR count). The van der Waals surface area contributed by atoms with Crippen LogP contribution in [0.1, 0.15) is 57.3 Å². The van der Waals surface area contributed by atoms with Crippen LogP contribution >= 0.6 is 0 Å². The Kier molecular flexibility index (Phi) is 15.0. The van der Waals surface area contributed by atoms with Gasteiger partial charge in [0.2, 0.25) is 17.7 Å². The van der Waals surface area contributed by atoms with Gasteiger partial charge in [0.25, 0.3) is 0 Å². The number of hydrogen-bond donors (Lipinski definition) is 4. The maximum atomic E-state index is 15.1. The predicted octanol–water partition coefficient (Wildman–Crippen LogP) is 5.72. The first-order chi connectivity index (χ1) is 24.8. The van der Waals surface area contributed by atoms with Crippen LogP contribution in [0.4, 0.5) is 13.6 Å². The van der Waals surface area contributed by atoms with Crippen LogP contribution in [0.15, 0.2) is 60.8 Å². The van der Waals surface area contributed by atoms with Gasteiger partial charge in [-0.05, 0) is 47.7 Å². The Morgan fingerprint density at radius 3 is 2.26 bits per heavy atom. The number of aliphatic hydroxyl groups excluding tert-OH is 1. The quantitative estimate of drug-likeness (QED) is 0.127. The van der Waals surface area contributed by atoms with E-state index >= 15 is 4.39 Å². The second-order valence-corrected chi connectivity index (χ2v) is 20.8. The molecule has 53 heavy (non-hydrogen) atoms. The molecule has 12 nitrogen and oxygen atoms in total. The summed E-state index contributed by atoms with van der Waals surface area (Å²) in [5.41, 5.74) is 0.989. The van der Waals surface area contributed by atoms with E-state index in [1.165, 1.54) is 4.90 Å². The molecular weight excluding hydrogens is 707 g/mol. The van der Waals surface area contributed by atoms with E-state index in [1.807, 2.05) is 55.7 Å². The molecule has 0 fully saturated rings. The Labute approximate surface area is 309 Å². The first-order valence-corrected chi connectivity index (χ1v) is 21.1. The minimum atomic E-state index is -1.58. The molecule has 1 aromatic heterocycles.